The Morgan fingerprint density at radius 1 is 1.33 bits per heavy atom. The van der Waals surface area contributed by atoms with Crippen LogP contribution in [-0.4, -0.2) is 11.8 Å². The maximum absolute atomic E-state index is 5.36. The van der Waals surface area contributed by atoms with Crippen LogP contribution in [0.4, 0.5) is 0 Å². The van der Waals surface area contributed by atoms with Crippen LogP contribution >= 0.6 is 0 Å². The average molecular weight is 165 g/mol. The average Bonchev–Trinajstić information content (AvgIpc) is 2.31. The van der Waals surface area contributed by atoms with Crippen LogP contribution in [0.2, 0.25) is 0 Å². The van der Waals surface area contributed by atoms with E-state index in [1.165, 1.54) is 18.6 Å². The number of hydrogen-bond donors (Lipinski definition) is 0. The van der Waals surface area contributed by atoms with Crippen molar-refractivity contribution in [2.75, 3.05) is 0 Å². The molecule has 0 saturated carbocycles. The summed E-state index contributed by atoms with van der Waals surface area (Å²) in [7, 11) is 0. The van der Waals surface area contributed by atoms with Gasteiger partial charge in [0.05, 0.1) is 5.71 Å². The van der Waals surface area contributed by atoms with E-state index >= 15 is 0 Å². The zero-order chi connectivity index (χ0) is 8.39. The van der Waals surface area contributed by atoms with Gasteiger partial charge in [-0.15, -0.1) is 0 Å². The van der Waals surface area contributed by atoms with Crippen LogP contribution in [0, 0.1) is 5.92 Å². The molecule has 1 aliphatic heterocycles. The third-order valence-corrected chi connectivity index (χ3v) is 2.75. The molecule has 66 valence electrons. The molecule has 0 aromatic carbocycles. The number of rotatable bonds is 0. The summed E-state index contributed by atoms with van der Waals surface area (Å²) in [6, 6.07) is 0. The van der Waals surface area contributed by atoms with Crippen LogP contribution in [0.25, 0.3) is 0 Å². The van der Waals surface area contributed by atoms with Gasteiger partial charge in [-0.3, -0.25) is 0 Å². The molecule has 12 heavy (non-hydrogen) atoms. The molecule has 0 unspecified atom stereocenters. The maximum atomic E-state index is 5.36. The summed E-state index contributed by atoms with van der Waals surface area (Å²) in [5.74, 6) is 0.593. The lowest BCUT2D eigenvalue weighted by Gasteiger charge is -2.17. The van der Waals surface area contributed by atoms with Crippen LogP contribution in [0.5, 0.6) is 0 Å². The monoisotopic (exact) mass is 165 g/mol. The minimum Gasteiger partial charge on any atom is -0.392 e. The molecule has 0 fully saturated rings. The van der Waals surface area contributed by atoms with Gasteiger partial charge in [0, 0.05) is 5.92 Å². The molecule has 1 heterocycles. The van der Waals surface area contributed by atoms with Crippen LogP contribution in [0.1, 0.15) is 32.6 Å². The van der Waals surface area contributed by atoms with E-state index in [0.29, 0.717) is 12.0 Å². The van der Waals surface area contributed by atoms with Crippen LogP contribution in [0.3, 0.4) is 0 Å². The fourth-order valence-electron chi connectivity index (χ4n) is 1.98. The van der Waals surface area contributed by atoms with Crippen molar-refractivity contribution in [1.29, 1.82) is 0 Å². The second kappa shape index (κ2) is 3.30. The van der Waals surface area contributed by atoms with E-state index in [1.807, 2.05) is 0 Å². The van der Waals surface area contributed by atoms with Gasteiger partial charge in [-0.1, -0.05) is 17.3 Å². The van der Waals surface area contributed by atoms with Crippen molar-refractivity contribution < 1.29 is 4.84 Å². The molecule has 2 heteroatoms. The highest BCUT2D eigenvalue weighted by Gasteiger charge is 2.30. The Bertz CT molecular complexity index is 220. The second-order valence-corrected chi connectivity index (χ2v) is 3.61. The van der Waals surface area contributed by atoms with Crippen molar-refractivity contribution in [3.8, 4) is 0 Å². The molecular formula is C10H15NO. The standard InChI is InChI=1S/C10H15NO/c1-8-9-6-4-2-3-5-7-10(9)12-11-8/h2-3,9-10H,4-7H2,1H3/t9-,10-/m1/s1. The van der Waals surface area contributed by atoms with E-state index in [9.17, 15) is 0 Å². The van der Waals surface area contributed by atoms with Crippen molar-refractivity contribution >= 4 is 5.71 Å². The molecule has 2 aliphatic rings. The second-order valence-electron chi connectivity index (χ2n) is 3.61. The normalized spacial score (nSPS) is 34.6. The lowest BCUT2D eigenvalue weighted by Crippen LogP contribution is -2.22. The Labute approximate surface area is 73.3 Å². The van der Waals surface area contributed by atoms with E-state index in [4.69, 9.17) is 4.84 Å². The van der Waals surface area contributed by atoms with E-state index in [-0.39, 0.29) is 0 Å². The number of oxime groups is 1. The van der Waals surface area contributed by atoms with Crippen LogP contribution in [0.15, 0.2) is 17.3 Å². The molecule has 2 rings (SSSR count). The summed E-state index contributed by atoms with van der Waals surface area (Å²) < 4.78 is 0. The summed E-state index contributed by atoms with van der Waals surface area (Å²) in [6.07, 6.45) is 9.56. The summed E-state index contributed by atoms with van der Waals surface area (Å²) in [5.41, 5.74) is 1.19. The summed E-state index contributed by atoms with van der Waals surface area (Å²) in [4.78, 5) is 5.36. The van der Waals surface area contributed by atoms with E-state index in [0.717, 1.165) is 12.8 Å². The highest BCUT2D eigenvalue weighted by atomic mass is 16.6. The molecule has 0 spiro atoms. The first-order valence-electron chi connectivity index (χ1n) is 4.73. The lowest BCUT2D eigenvalue weighted by atomic mass is 9.89. The Hall–Kier alpha value is -0.790. The molecular weight excluding hydrogens is 150 g/mol. The SMILES string of the molecule is CC1=NO[C@@H]2CCC=CCC[C@H]12. The first kappa shape index (κ1) is 7.84. The molecule has 2 nitrogen and oxygen atoms in total. The first-order valence-corrected chi connectivity index (χ1v) is 4.73. The molecule has 1 aliphatic carbocycles. The maximum Gasteiger partial charge on any atom is 0.136 e. The third-order valence-electron chi connectivity index (χ3n) is 2.75. The van der Waals surface area contributed by atoms with Gasteiger partial charge in [-0.2, -0.15) is 0 Å². The Kier molecular flexibility index (Phi) is 2.15. The Morgan fingerprint density at radius 2 is 2.08 bits per heavy atom. The topological polar surface area (TPSA) is 21.6 Å². The number of hydrogen-bond acceptors (Lipinski definition) is 2. The van der Waals surface area contributed by atoms with Gasteiger partial charge in [-0.25, -0.2) is 0 Å². The fraction of sp³-hybridized carbons (Fsp3) is 0.700. The van der Waals surface area contributed by atoms with Gasteiger partial charge < -0.3 is 4.84 Å². The van der Waals surface area contributed by atoms with Crippen molar-refractivity contribution in [3.05, 3.63) is 12.2 Å². The van der Waals surface area contributed by atoms with Crippen molar-refractivity contribution in [3.63, 3.8) is 0 Å². The highest BCUT2D eigenvalue weighted by Crippen LogP contribution is 2.28. The Morgan fingerprint density at radius 3 is 2.92 bits per heavy atom. The minimum absolute atomic E-state index is 0.370. The van der Waals surface area contributed by atoms with Gasteiger partial charge in [0.15, 0.2) is 0 Å². The number of fused-ring (bicyclic) bond motifs is 1. The van der Waals surface area contributed by atoms with Gasteiger partial charge in [0.1, 0.15) is 6.10 Å². The van der Waals surface area contributed by atoms with Crippen molar-refractivity contribution in [2.45, 2.75) is 38.7 Å². The molecule has 0 saturated heterocycles. The summed E-state index contributed by atoms with van der Waals surface area (Å²) in [5, 5.41) is 4.05. The zero-order valence-electron chi connectivity index (χ0n) is 7.49. The largest absolute Gasteiger partial charge is 0.392 e. The summed E-state index contributed by atoms with van der Waals surface area (Å²) >= 11 is 0. The molecule has 0 amide bonds. The number of allylic oxidation sites excluding steroid dienone is 2. The van der Waals surface area contributed by atoms with Crippen molar-refractivity contribution in [1.82, 2.24) is 0 Å². The van der Waals surface area contributed by atoms with Gasteiger partial charge >= 0.3 is 0 Å². The fourth-order valence-corrected chi connectivity index (χ4v) is 1.98. The Balaban J connectivity index is 2.06. The third kappa shape index (κ3) is 1.38. The molecule has 0 aromatic heterocycles. The molecule has 0 radical (unpaired) electrons. The van der Waals surface area contributed by atoms with Gasteiger partial charge in [-0.05, 0) is 32.6 Å². The van der Waals surface area contributed by atoms with E-state index in [2.05, 4.69) is 24.2 Å². The molecule has 0 N–H and O–H groups in total. The van der Waals surface area contributed by atoms with Crippen molar-refractivity contribution in [2.24, 2.45) is 11.1 Å². The van der Waals surface area contributed by atoms with Crippen LogP contribution in [-0.2, 0) is 4.84 Å². The predicted octanol–water partition coefficient (Wildman–Crippen LogP) is 2.51. The lowest BCUT2D eigenvalue weighted by molar-refractivity contribution is 0.0538. The predicted molar refractivity (Wildman–Crippen MR) is 49.1 cm³/mol. The first-order chi connectivity index (χ1) is 5.88. The quantitative estimate of drug-likeness (QED) is 0.505. The van der Waals surface area contributed by atoms with E-state index < -0.39 is 0 Å². The minimum atomic E-state index is 0.370. The van der Waals surface area contributed by atoms with Gasteiger partial charge in [0.2, 0.25) is 0 Å². The smallest absolute Gasteiger partial charge is 0.136 e. The zero-order valence-corrected chi connectivity index (χ0v) is 7.49. The van der Waals surface area contributed by atoms with E-state index in [1.54, 1.807) is 0 Å². The van der Waals surface area contributed by atoms with Crippen LogP contribution < -0.4 is 0 Å². The molecule has 2 atom stereocenters. The molecule has 0 bridgehead atoms. The highest BCUT2D eigenvalue weighted by molar-refractivity contribution is 5.85. The summed E-state index contributed by atoms with van der Waals surface area (Å²) in [6.45, 7) is 2.08. The van der Waals surface area contributed by atoms with Gasteiger partial charge in [0.25, 0.3) is 0 Å². The molecule has 0 aromatic rings. The number of nitrogens with zero attached hydrogens (tertiary/aromatic N) is 1.